The number of rotatable bonds is 7. The molecule has 1 N–H and O–H groups in total. The molecular weight excluding hydrogens is 418 g/mol. The van der Waals surface area contributed by atoms with E-state index in [-0.39, 0.29) is 28.4 Å². The van der Waals surface area contributed by atoms with Crippen molar-refractivity contribution in [1.29, 1.82) is 0 Å². The minimum atomic E-state index is -3.73. The molecule has 2 saturated heterocycles. The maximum atomic E-state index is 13.3. The van der Waals surface area contributed by atoms with Crippen molar-refractivity contribution in [3.05, 3.63) is 18.2 Å². The normalized spacial score (nSPS) is 22.4. The van der Waals surface area contributed by atoms with E-state index < -0.39 is 16.1 Å². The molecule has 8 nitrogen and oxygen atoms in total. The van der Waals surface area contributed by atoms with Crippen molar-refractivity contribution in [3.8, 4) is 5.75 Å². The summed E-state index contributed by atoms with van der Waals surface area (Å²) in [6.45, 7) is 3.73. The smallest absolute Gasteiger partial charge is 0.247 e. The van der Waals surface area contributed by atoms with E-state index in [1.807, 2.05) is 0 Å². The Morgan fingerprint density at radius 2 is 1.81 bits per heavy atom. The zero-order valence-corrected chi connectivity index (χ0v) is 18.8. The summed E-state index contributed by atoms with van der Waals surface area (Å²) in [5.41, 5.74) is 0.398. The number of nitrogens with zero attached hydrogens (tertiary/aromatic N) is 2. The molecule has 9 heteroatoms. The molecule has 3 fully saturated rings. The van der Waals surface area contributed by atoms with Gasteiger partial charge in [0, 0.05) is 31.2 Å². The first-order valence-corrected chi connectivity index (χ1v) is 12.7. The van der Waals surface area contributed by atoms with Crippen LogP contribution in [0.25, 0.3) is 0 Å². The Kier molecular flexibility index (Phi) is 6.52. The standard InChI is InChI=1S/C22H31N3O5S/c1-2-30-19-11-10-17(15-20(19)31(28,29)24-12-4-3-5-13-24)23-21(26)18-7-6-14-25(18)22(27)16-8-9-16/h10-11,15-16,18H,2-9,12-14H2,1H3,(H,23,26). The molecule has 1 aromatic rings. The van der Waals surface area contributed by atoms with Crippen LogP contribution in [0.5, 0.6) is 5.75 Å². The van der Waals surface area contributed by atoms with Crippen molar-refractivity contribution in [2.75, 3.05) is 31.6 Å². The molecule has 0 radical (unpaired) electrons. The maximum absolute atomic E-state index is 13.3. The molecule has 2 amide bonds. The highest BCUT2D eigenvalue weighted by atomic mass is 32.2. The van der Waals surface area contributed by atoms with Crippen molar-refractivity contribution >= 4 is 27.5 Å². The zero-order valence-electron chi connectivity index (χ0n) is 18.0. The number of nitrogens with one attached hydrogen (secondary N) is 1. The van der Waals surface area contributed by atoms with Gasteiger partial charge in [-0.2, -0.15) is 4.31 Å². The van der Waals surface area contributed by atoms with Gasteiger partial charge in [-0.25, -0.2) is 8.42 Å². The molecule has 0 spiro atoms. The topological polar surface area (TPSA) is 96.0 Å². The lowest BCUT2D eigenvalue weighted by Gasteiger charge is -2.27. The number of amides is 2. The Balaban J connectivity index is 1.55. The quantitative estimate of drug-likeness (QED) is 0.690. The highest BCUT2D eigenvalue weighted by molar-refractivity contribution is 7.89. The average molecular weight is 450 g/mol. The zero-order chi connectivity index (χ0) is 22.0. The first-order chi connectivity index (χ1) is 14.9. The van der Waals surface area contributed by atoms with Gasteiger partial charge in [0.2, 0.25) is 21.8 Å². The van der Waals surface area contributed by atoms with Crippen molar-refractivity contribution in [1.82, 2.24) is 9.21 Å². The van der Waals surface area contributed by atoms with Crippen LogP contribution < -0.4 is 10.1 Å². The van der Waals surface area contributed by atoms with Crippen molar-refractivity contribution in [2.24, 2.45) is 5.92 Å². The molecule has 4 rings (SSSR count). The third-order valence-corrected chi connectivity index (χ3v) is 8.13. The summed E-state index contributed by atoms with van der Waals surface area (Å²) in [4.78, 5) is 27.2. The molecule has 0 bridgehead atoms. The number of carbonyl (C=O) groups is 2. The molecule has 2 heterocycles. The predicted octanol–water partition coefficient (Wildman–Crippen LogP) is 2.60. The van der Waals surface area contributed by atoms with E-state index in [2.05, 4.69) is 5.32 Å². The van der Waals surface area contributed by atoms with E-state index in [9.17, 15) is 18.0 Å². The minimum absolute atomic E-state index is 0.0673. The highest BCUT2D eigenvalue weighted by Crippen LogP contribution is 2.35. The van der Waals surface area contributed by atoms with Gasteiger partial charge in [0.15, 0.2) is 0 Å². The monoisotopic (exact) mass is 449 g/mol. The lowest BCUT2D eigenvalue weighted by Crippen LogP contribution is -2.43. The van der Waals surface area contributed by atoms with E-state index in [1.165, 1.54) is 10.4 Å². The fourth-order valence-corrected chi connectivity index (χ4v) is 6.07. The van der Waals surface area contributed by atoms with Gasteiger partial charge >= 0.3 is 0 Å². The largest absolute Gasteiger partial charge is 0.492 e. The first kappa shape index (κ1) is 22.1. The molecule has 170 valence electrons. The van der Waals surface area contributed by atoms with Crippen molar-refractivity contribution < 1.29 is 22.7 Å². The van der Waals surface area contributed by atoms with Crippen LogP contribution in [0, 0.1) is 5.92 Å². The van der Waals surface area contributed by atoms with E-state index >= 15 is 0 Å². The van der Waals surface area contributed by atoms with Gasteiger partial charge in [-0.15, -0.1) is 0 Å². The molecule has 1 aromatic carbocycles. The van der Waals surface area contributed by atoms with Gasteiger partial charge in [-0.05, 0) is 63.6 Å². The van der Waals surface area contributed by atoms with Crippen LogP contribution in [0.3, 0.4) is 0 Å². The van der Waals surface area contributed by atoms with Crippen LogP contribution in [-0.4, -0.2) is 61.7 Å². The Hall–Kier alpha value is -2.13. The second-order valence-electron chi connectivity index (χ2n) is 8.51. The number of hydrogen-bond acceptors (Lipinski definition) is 5. The van der Waals surface area contributed by atoms with Gasteiger partial charge in [0.05, 0.1) is 6.61 Å². The minimum Gasteiger partial charge on any atom is -0.492 e. The Morgan fingerprint density at radius 1 is 1.06 bits per heavy atom. The molecule has 1 aliphatic carbocycles. The highest BCUT2D eigenvalue weighted by Gasteiger charge is 2.41. The van der Waals surface area contributed by atoms with E-state index in [0.29, 0.717) is 38.3 Å². The second kappa shape index (κ2) is 9.16. The van der Waals surface area contributed by atoms with Crippen molar-refractivity contribution in [2.45, 2.75) is 62.8 Å². The Labute approximate surface area is 184 Å². The van der Waals surface area contributed by atoms with Crippen LogP contribution in [0.1, 0.15) is 51.9 Å². The molecule has 31 heavy (non-hydrogen) atoms. The molecule has 2 aliphatic heterocycles. The summed E-state index contributed by atoms with van der Waals surface area (Å²) in [6, 6.07) is 4.23. The number of carbonyl (C=O) groups excluding carboxylic acids is 2. The molecular formula is C22H31N3O5S. The number of hydrogen-bond donors (Lipinski definition) is 1. The lowest BCUT2D eigenvalue weighted by atomic mass is 10.2. The fourth-order valence-electron chi connectivity index (χ4n) is 4.40. The molecule has 1 unspecified atom stereocenters. The van der Waals surface area contributed by atoms with Crippen LogP contribution in [-0.2, 0) is 19.6 Å². The fraction of sp³-hybridized carbons (Fsp3) is 0.636. The average Bonchev–Trinajstić information content (AvgIpc) is 3.51. The SMILES string of the molecule is CCOc1ccc(NC(=O)C2CCCN2C(=O)C2CC2)cc1S(=O)(=O)N1CCCCC1. The van der Waals surface area contributed by atoms with Gasteiger partial charge < -0.3 is 15.0 Å². The van der Waals surface area contributed by atoms with Gasteiger partial charge in [0.1, 0.15) is 16.7 Å². The summed E-state index contributed by atoms with van der Waals surface area (Å²) >= 11 is 0. The van der Waals surface area contributed by atoms with Crippen LogP contribution in [0.15, 0.2) is 23.1 Å². The van der Waals surface area contributed by atoms with E-state index in [0.717, 1.165) is 38.5 Å². The maximum Gasteiger partial charge on any atom is 0.247 e. The lowest BCUT2D eigenvalue weighted by molar-refractivity contribution is -0.137. The van der Waals surface area contributed by atoms with Gasteiger partial charge in [0.25, 0.3) is 0 Å². The summed E-state index contributed by atoms with van der Waals surface area (Å²) < 4.78 is 33.6. The molecule has 1 atom stereocenters. The molecule has 3 aliphatic rings. The number of piperidine rings is 1. The Bertz CT molecular complexity index is 938. The van der Waals surface area contributed by atoms with Gasteiger partial charge in [-0.1, -0.05) is 6.42 Å². The summed E-state index contributed by atoms with van der Waals surface area (Å²) in [6.07, 6.45) is 5.94. The third kappa shape index (κ3) is 4.72. The second-order valence-corrected chi connectivity index (χ2v) is 10.4. The predicted molar refractivity (Wildman–Crippen MR) is 116 cm³/mol. The van der Waals surface area contributed by atoms with E-state index in [1.54, 1.807) is 24.0 Å². The number of benzene rings is 1. The van der Waals surface area contributed by atoms with Crippen LogP contribution >= 0.6 is 0 Å². The van der Waals surface area contributed by atoms with Crippen LogP contribution in [0.2, 0.25) is 0 Å². The number of ether oxygens (including phenoxy) is 1. The molecule has 1 saturated carbocycles. The van der Waals surface area contributed by atoms with Crippen LogP contribution in [0.4, 0.5) is 5.69 Å². The summed E-state index contributed by atoms with van der Waals surface area (Å²) in [5, 5.41) is 2.84. The van der Waals surface area contributed by atoms with E-state index in [4.69, 9.17) is 4.74 Å². The number of likely N-dealkylation sites (tertiary alicyclic amines) is 1. The molecule has 0 aromatic heterocycles. The summed E-state index contributed by atoms with van der Waals surface area (Å²) in [5.74, 6) is 0.160. The third-order valence-electron chi connectivity index (χ3n) is 6.21. The number of sulfonamides is 1. The summed E-state index contributed by atoms with van der Waals surface area (Å²) in [7, 11) is -3.73. The Morgan fingerprint density at radius 3 is 2.48 bits per heavy atom. The van der Waals surface area contributed by atoms with Gasteiger partial charge in [-0.3, -0.25) is 9.59 Å². The number of anilines is 1. The first-order valence-electron chi connectivity index (χ1n) is 11.3. The van der Waals surface area contributed by atoms with Crippen molar-refractivity contribution in [3.63, 3.8) is 0 Å².